The van der Waals surface area contributed by atoms with E-state index in [1.807, 2.05) is 6.07 Å². The highest BCUT2D eigenvalue weighted by Crippen LogP contribution is 2.21. The van der Waals surface area contributed by atoms with Crippen molar-refractivity contribution < 1.29 is 9.32 Å². The fourth-order valence-corrected chi connectivity index (χ4v) is 3.92. The molecule has 0 aliphatic rings. The van der Waals surface area contributed by atoms with Gasteiger partial charge >= 0.3 is 0 Å². The number of aryl methyl sites for hydroxylation is 1. The molecule has 28 heavy (non-hydrogen) atoms. The first-order valence-electron chi connectivity index (χ1n) is 9.04. The number of amides is 1. The van der Waals surface area contributed by atoms with Gasteiger partial charge in [-0.2, -0.15) is 0 Å². The quantitative estimate of drug-likeness (QED) is 0.302. The van der Waals surface area contributed by atoms with Gasteiger partial charge in [0.05, 0.1) is 16.7 Å². The first-order chi connectivity index (χ1) is 13.5. The molecule has 0 radical (unpaired) electrons. The van der Waals surface area contributed by atoms with Gasteiger partial charge in [-0.25, -0.2) is 4.98 Å². The lowest BCUT2D eigenvalue weighted by Gasteiger charge is -2.13. The maximum absolute atomic E-state index is 13.0. The number of fused-ring (bicyclic) bond motifs is 1. The lowest BCUT2D eigenvalue weighted by molar-refractivity contribution is -0.113. The maximum Gasteiger partial charge on any atom is 0.262 e. The minimum Gasteiger partial charge on any atom is -0.360 e. The first-order valence-corrected chi connectivity index (χ1v) is 10.8. The van der Waals surface area contributed by atoms with E-state index in [1.165, 1.54) is 11.8 Å². The Labute approximate surface area is 175 Å². The summed E-state index contributed by atoms with van der Waals surface area (Å²) in [5.41, 5.74) is 0.535. The SMILES string of the molecule is CCCCCn1c(SCC(=O)Nc2cc(C)on2)nc2ccc(Br)cc2c1=O. The Bertz CT molecular complexity index is 1050. The van der Waals surface area contributed by atoms with E-state index in [0.29, 0.717) is 34.2 Å². The number of unbranched alkanes of at least 4 members (excludes halogenated alkanes) is 2. The molecular formula is C19H21BrN4O3S. The number of halogens is 1. The number of benzene rings is 1. The minimum absolute atomic E-state index is 0.0857. The molecule has 0 saturated carbocycles. The number of aromatic nitrogens is 3. The number of hydrogen-bond acceptors (Lipinski definition) is 6. The molecule has 0 saturated heterocycles. The first kappa shape index (κ1) is 20.6. The van der Waals surface area contributed by atoms with E-state index < -0.39 is 0 Å². The lowest BCUT2D eigenvalue weighted by Crippen LogP contribution is -2.24. The van der Waals surface area contributed by atoms with Gasteiger partial charge in [-0.1, -0.05) is 52.6 Å². The zero-order chi connectivity index (χ0) is 20.1. The van der Waals surface area contributed by atoms with Crippen LogP contribution in [0.3, 0.4) is 0 Å². The number of carbonyl (C=O) groups excluding carboxylic acids is 1. The number of thioether (sulfide) groups is 1. The van der Waals surface area contributed by atoms with Crippen LogP contribution >= 0.6 is 27.7 Å². The minimum atomic E-state index is -0.233. The van der Waals surface area contributed by atoms with Crippen molar-refractivity contribution in [1.29, 1.82) is 0 Å². The topological polar surface area (TPSA) is 90.0 Å². The number of rotatable bonds is 8. The molecule has 1 N–H and O–H groups in total. The molecule has 1 aromatic carbocycles. The predicted molar refractivity (Wildman–Crippen MR) is 114 cm³/mol. The number of anilines is 1. The lowest BCUT2D eigenvalue weighted by atomic mass is 10.2. The third-order valence-electron chi connectivity index (χ3n) is 4.09. The zero-order valence-corrected chi connectivity index (χ0v) is 18.1. The van der Waals surface area contributed by atoms with Crippen molar-refractivity contribution in [3.8, 4) is 0 Å². The van der Waals surface area contributed by atoms with E-state index in [0.717, 1.165) is 23.7 Å². The smallest absolute Gasteiger partial charge is 0.262 e. The molecule has 3 rings (SSSR count). The van der Waals surface area contributed by atoms with E-state index in [9.17, 15) is 9.59 Å². The third kappa shape index (κ3) is 5.02. The van der Waals surface area contributed by atoms with Crippen molar-refractivity contribution >= 4 is 50.3 Å². The average molecular weight is 465 g/mol. The number of hydrogen-bond donors (Lipinski definition) is 1. The van der Waals surface area contributed by atoms with Crippen LogP contribution in [0.25, 0.3) is 10.9 Å². The van der Waals surface area contributed by atoms with Gasteiger partial charge in [-0.05, 0) is 31.5 Å². The van der Waals surface area contributed by atoms with E-state index in [2.05, 4.69) is 38.3 Å². The maximum atomic E-state index is 13.0. The summed E-state index contributed by atoms with van der Waals surface area (Å²) in [5.74, 6) is 0.882. The Morgan fingerprint density at radius 3 is 2.86 bits per heavy atom. The molecule has 0 aliphatic heterocycles. The van der Waals surface area contributed by atoms with E-state index in [-0.39, 0.29) is 17.2 Å². The van der Waals surface area contributed by atoms with Crippen molar-refractivity contribution in [1.82, 2.24) is 14.7 Å². The molecule has 0 aliphatic carbocycles. The van der Waals surface area contributed by atoms with Crippen molar-refractivity contribution in [2.45, 2.75) is 44.8 Å². The molecule has 0 atom stereocenters. The second-order valence-electron chi connectivity index (χ2n) is 6.38. The molecule has 0 spiro atoms. The normalized spacial score (nSPS) is 11.1. The Morgan fingerprint density at radius 1 is 1.32 bits per heavy atom. The van der Waals surface area contributed by atoms with Crippen LogP contribution < -0.4 is 10.9 Å². The summed E-state index contributed by atoms with van der Waals surface area (Å²) in [4.78, 5) is 29.9. The van der Waals surface area contributed by atoms with Crippen LogP contribution in [0.1, 0.15) is 31.9 Å². The van der Waals surface area contributed by atoms with Gasteiger partial charge in [0, 0.05) is 17.1 Å². The van der Waals surface area contributed by atoms with Gasteiger partial charge in [0.2, 0.25) is 5.91 Å². The second kappa shape index (κ2) is 9.38. The summed E-state index contributed by atoms with van der Waals surface area (Å²) in [6, 6.07) is 7.09. The summed E-state index contributed by atoms with van der Waals surface area (Å²) < 4.78 is 7.45. The predicted octanol–water partition coefficient (Wildman–Crippen LogP) is 4.38. The van der Waals surface area contributed by atoms with Gasteiger partial charge in [0.25, 0.3) is 5.56 Å². The molecular weight excluding hydrogens is 444 g/mol. The van der Waals surface area contributed by atoms with E-state index in [4.69, 9.17) is 4.52 Å². The van der Waals surface area contributed by atoms with E-state index in [1.54, 1.807) is 29.7 Å². The average Bonchev–Trinajstić information content (AvgIpc) is 3.07. The largest absolute Gasteiger partial charge is 0.360 e. The Hall–Kier alpha value is -2.13. The molecule has 0 fully saturated rings. The molecule has 7 nitrogen and oxygen atoms in total. The molecule has 9 heteroatoms. The Morgan fingerprint density at radius 2 is 2.14 bits per heavy atom. The van der Waals surface area contributed by atoms with Crippen molar-refractivity contribution in [2.75, 3.05) is 11.1 Å². The Balaban J connectivity index is 1.83. The summed E-state index contributed by atoms with van der Waals surface area (Å²) in [7, 11) is 0. The fraction of sp³-hybridized carbons (Fsp3) is 0.368. The van der Waals surface area contributed by atoms with Gasteiger partial charge in [-0.15, -0.1) is 0 Å². The molecule has 0 bridgehead atoms. The van der Waals surface area contributed by atoms with Gasteiger partial charge in [-0.3, -0.25) is 14.2 Å². The zero-order valence-electron chi connectivity index (χ0n) is 15.7. The molecule has 1 amide bonds. The summed E-state index contributed by atoms with van der Waals surface area (Å²) >= 11 is 4.65. The monoisotopic (exact) mass is 464 g/mol. The molecule has 0 unspecified atom stereocenters. The van der Waals surface area contributed by atoms with Crippen LogP contribution in [-0.2, 0) is 11.3 Å². The van der Waals surface area contributed by atoms with Gasteiger partial charge < -0.3 is 9.84 Å². The highest BCUT2D eigenvalue weighted by Gasteiger charge is 2.14. The third-order valence-corrected chi connectivity index (χ3v) is 5.56. The number of nitrogens with zero attached hydrogens (tertiary/aromatic N) is 3. The molecule has 148 valence electrons. The number of carbonyl (C=O) groups is 1. The summed E-state index contributed by atoms with van der Waals surface area (Å²) in [5, 5.41) is 7.54. The van der Waals surface area contributed by atoms with Crippen LogP contribution in [0.2, 0.25) is 0 Å². The van der Waals surface area contributed by atoms with Gasteiger partial charge in [0.15, 0.2) is 11.0 Å². The van der Waals surface area contributed by atoms with Crippen molar-refractivity contribution in [3.63, 3.8) is 0 Å². The van der Waals surface area contributed by atoms with Crippen LogP contribution in [0.4, 0.5) is 5.82 Å². The Kier molecular flexibility index (Phi) is 6.90. The van der Waals surface area contributed by atoms with Crippen molar-refractivity contribution in [3.05, 3.63) is 44.9 Å². The summed E-state index contributed by atoms with van der Waals surface area (Å²) in [6.07, 6.45) is 2.97. The second-order valence-corrected chi connectivity index (χ2v) is 8.24. The van der Waals surface area contributed by atoms with Crippen LogP contribution in [0.15, 0.2) is 43.2 Å². The van der Waals surface area contributed by atoms with E-state index >= 15 is 0 Å². The molecule has 2 aromatic heterocycles. The molecule has 2 heterocycles. The van der Waals surface area contributed by atoms with Crippen LogP contribution in [-0.4, -0.2) is 26.4 Å². The van der Waals surface area contributed by atoms with Gasteiger partial charge in [0.1, 0.15) is 5.76 Å². The standard InChI is InChI=1S/C19H21BrN4O3S/c1-3-4-5-8-24-18(26)14-10-13(20)6-7-15(14)21-19(24)28-11-17(25)22-16-9-12(2)27-23-16/h6-7,9-10H,3-5,8,11H2,1-2H3,(H,22,23,25). The number of nitrogens with one attached hydrogen (secondary N) is 1. The van der Waals surface area contributed by atoms with Crippen LogP contribution in [0, 0.1) is 6.92 Å². The fourth-order valence-electron chi connectivity index (χ4n) is 2.73. The highest BCUT2D eigenvalue weighted by atomic mass is 79.9. The highest BCUT2D eigenvalue weighted by molar-refractivity contribution is 9.10. The van der Waals surface area contributed by atoms with Crippen LogP contribution in [0.5, 0.6) is 0 Å². The summed E-state index contributed by atoms with van der Waals surface area (Å²) in [6.45, 7) is 4.45. The van der Waals surface area contributed by atoms with Crippen molar-refractivity contribution in [2.24, 2.45) is 0 Å². The molecule has 3 aromatic rings.